The molecule has 0 atom stereocenters. The Morgan fingerprint density at radius 1 is 1.38 bits per heavy atom. The molecule has 3 nitrogen and oxygen atoms in total. The number of benzene rings is 1. The smallest absolute Gasteiger partial charge is 0.236 e. The van der Waals surface area contributed by atoms with Gasteiger partial charge < -0.3 is 10.2 Å². The zero-order valence-corrected chi connectivity index (χ0v) is 13.7. The van der Waals surface area contributed by atoms with Crippen LogP contribution in [0.1, 0.15) is 11.5 Å². The van der Waals surface area contributed by atoms with Gasteiger partial charge in [-0.25, -0.2) is 4.98 Å². The van der Waals surface area contributed by atoms with Crippen molar-refractivity contribution in [3.63, 3.8) is 0 Å². The lowest BCUT2D eigenvalue weighted by molar-refractivity contribution is 0.542. The first-order valence-electron chi connectivity index (χ1n) is 6.31. The van der Waals surface area contributed by atoms with Crippen LogP contribution in [0.3, 0.4) is 0 Å². The van der Waals surface area contributed by atoms with Gasteiger partial charge in [-0.3, -0.25) is 0 Å². The summed E-state index contributed by atoms with van der Waals surface area (Å²) in [7, 11) is 0. The summed E-state index contributed by atoms with van der Waals surface area (Å²) in [5.41, 5.74) is 7.26. The maximum atomic E-state index is 6.03. The summed E-state index contributed by atoms with van der Waals surface area (Å²) in [5, 5.41) is 2.59. The van der Waals surface area contributed by atoms with Gasteiger partial charge in [-0.2, -0.15) is 0 Å². The van der Waals surface area contributed by atoms with E-state index in [0.29, 0.717) is 16.6 Å². The van der Waals surface area contributed by atoms with Crippen LogP contribution in [-0.4, -0.2) is 4.98 Å². The summed E-state index contributed by atoms with van der Waals surface area (Å²) in [5.74, 6) is 2.28. The van der Waals surface area contributed by atoms with Gasteiger partial charge in [0.1, 0.15) is 5.76 Å². The lowest BCUT2D eigenvalue weighted by Gasteiger charge is -2.02. The van der Waals surface area contributed by atoms with Gasteiger partial charge in [0, 0.05) is 10.6 Å². The highest BCUT2D eigenvalue weighted by molar-refractivity contribution is 7.98. The van der Waals surface area contributed by atoms with Gasteiger partial charge >= 0.3 is 0 Å². The first-order chi connectivity index (χ1) is 10.1. The number of hydrogen-bond donors (Lipinski definition) is 1. The predicted octanol–water partition coefficient (Wildman–Crippen LogP) is 5.24. The fourth-order valence-corrected chi connectivity index (χ4v) is 3.65. The summed E-state index contributed by atoms with van der Waals surface area (Å²) in [4.78, 5) is 6.68. The van der Waals surface area contributed by atoms with E-state index in [-0.39, 0.29) is 0 Å². The van der Waals surface area contributed by atoms with Gasteiger partial charge in [0.15, 0.2) is 0 Å². The fraction of sp³-hybridized carbons (Fsp3) is 0.133. The van der Waals surface area contributed by atoms with Crippen LogP contribution in [0.2, 0.25) is 5.02 Å². The molecule has 0 aliphatic rings. The van der Waals surface area contributed by atoms with Crippen molar-refractivity contribution in [3.8, 4) is 10.8 Å². The molecule has 0 aliphatic heterocycles. The van der Waals surface area contributed by atoms with Crippen molar-refractivity contribution < 1.29 is 4.42 Å². The van der Waals surface area contributed by atoms with Crippen LogP contribution < -0.4 is 5.73 Å². The average molecular weight is 337 g/mol. The van der Waals surface area contributed by atoms with Crippen LogP contribution in [0.25, 0.3) is 10.8 Å². The molecule has 0 spiro atoms. The van der Waals surface area contributed by atoms with Gasteiger partial charge in [-0.1, -0.05) is 17.7 Å². The molecule has 6 heteroatoms. The van der Waals surface area contributed by atoms with Crippen LogP contribution in [0.4, 0.5) is 5.69 Å². The molecular formula is C15H13ClN2OS2. The van der Waals surface area contributed by atoms with Gasteiger partial charge in [0.2, 0.25) is 5.89 Å². The van der Waals surface area contributed by atoms with E-state index in [2.05, 4.69) is 4.98 Å². The van der Waals surface area contributed by atoms with E-state index in [9.17, 15) is 0 Å². The summed E-state index contributed by atoms with van der Waals surface area (Å²) in [6.45, 7) is 1.94. The van der Waals surface area contributed by atoms with E-state index in [0.717, 1.165) is 27.0 Å². The van der Waals surface area contributed by atoms with Crippen LogP contribution in [-0.2, 0) is 5.75 Å². The van der Waals surface area contributed by atoms with Crippen LogP contribution in [0.5, 0.6) is 0 Å². The molecule has 21 heavy (non-hydrogen) atoms. The standard InChI is InChI=1S/C15H13ClN2OS2/c1-9-13(18-15(19-9)14-3-2-6-20-14)8-21-10-4-5-12(17)11(16)7-10/h2-7H,8,17H2,1H3. The van der Waals surface area contributed by atoms with Crippen molar-refractivity contribution in [2.75, 3.05) is 5.73 Å². The minimum absolute atomic E-state index is 0.580. The number of halogens is 1. The van der Waals surface area contributed by atoms with Crippen LogP contribution >= 0.6 is 34.7 Å². The maximum Gasteiger partial charge on any atom is 0.236 e. The number of anilines is 1. The molecule has 0 radical (unpaired) electrons. The Morgan fingerprint density at radius 3 is 2.95 bits per heavy atom. The molecular weight excluding hydrogens is 324 g/mol. The topological polar surface area (TPSA) is 52.0 Å². The lowest BCUT2D eigenvalue weighted by Crippen LogP contribution is -1.87. The summed E-state index contributed by atoms with van der Waals surface area (Å²) < 4.78 is 5.73. The van der Waals surface area contributed by atoms with Crippen molar-refractivity contribution in [2.45, 2.75) is 17.6 Å². The van der Waals surface area contributed by atoms with E-state index < -0.39 is 0 Å². The molecule has 0 unspecified atom stereocenters. The minimum Gasteiger partial charge on any atom is -0.440 e. The molecule has 0 fully saturated rings. The minimum atomic E-state index is 0.580. The molecule has 3 rings (SSSR count). The van der Waals surface area contributed by atoms with E-state index in [4.69, 9.17) is 21.8 Å². The van der Waals surface area contributed by atoms with Crippen molar-refractivity contribution in [1.29, 1.82) is 0 Å². The van der Waals surface area contributed by atoms with E-state index in [1.807, 2.05) is 42.6 Å². The number of aryl methyl sites for hydroxylation is 1. The molecule has 2 aromatic heterocycles. The first-order valence-corrected chi connectivity index (χ1v) is 8.56. The number of nitrogens with zero attached hydrogens (tertiary/aromatic N) is 1. The molecule has 1 aromatic carbocycles. The molecule has 0 aliphatic carbocycles. The number of nitrogens with two attached hydrogens (primary N) is 1. The Kier molecular flexibility index (Phi) is 4.24. The van der Waals surface area contributed by atoms with E-state index in [1.165, 1.54) is 0 Å². The number of aromatic nitrogens is 1. The predicted molar refractivity (Wildman–Crippen MR) is 90.0 cm³/mol. The number of thiophene rings is 1. The number of rotatable bonds is 4. The molecule has 3 aromatic rings. The SMILES string of the molecule is Cc1oc(-c2cccs2)nc1CSc1ccc(N)c(Cl)c1. The van der Waals surface area contributed by atoms with Crippen molar-refractivity contribution in [1.82, 2.24) is 4.98 Å². The summed E-state index contributed by atoms with van der Waals surface area (Å²) in [6.07, 6.45) is 0. The third-order valence-electron chi connectivity index (χ3n) is 2.97. The second-order valence-corrected chi connectivity index (χ2v) is 6.87. The zero-order valence-electron chi connectivity index (χ0n) is 11.3. The number of nitrogen functional groups attached to an aromatic ring is 1. The fourth-order valence-electron chi connectivity index (χ4n) is 1.82. The third-order valence-corrected chi connectivity index (χ3v) is 5.16. The monoisotopic (exact) mass is 336 g/mol. The highest BCUT2D eigenvalue weighted by atomic mass is 35.5. The Labute approximate surface area is 136 Å². The van der Waals surface area contributed by atoms with Crippen molar-refractivity contribution in [2.24, 2.45) is 0 Å². The highest BCUT2D eigenvalue weighted by Gasteiger charge is 2.12. The van der Waals surface area contributed by atoms with Gasteiger partial charge in [0.05, 0.1) is 21.3 Å². The van der Waals surface area contributed by atoms with Crippen molar-refractivity contribution in [3.05, 3.63) is 52.2 Å². The molecule has 2 N–H and O–H groups in total. The lowest BCUT2D eigenvalue weighted by atomic mass is 10.3. The third kappa shape index (κ3) is 3.26. The molecule has 0 saturated heterocycles. The van der Waals surface area contributed by atoms with E-state index in [1.54, 1.807) is 23.1 Å². The van der Waals surface area contributed by atoms with Gasteiger partial charge in [-0.05, 0) is 36.6 Å². The Morgan fingerprint density at radius 2 is 2.24 bits per heavy atom. The normalized spacial score (nSPS) is 11.0. The Hall–Kier alpha value is -1.43. The highest BCUT2D eigenvalue weighted by Crippen LogP contribution is 2.31. The molecule has 2 heterocycles. The summed E-state index contributed by atoms with van der Waals surface area (Å²) >= 11 is 9.31. The largest absolute Gasteiger partial charge is 0.440 e. The van der Waals surface area contributed by atoms with Crippen LogP contribution in [0, 0.1) is 6.92 Å². The zero-order chi connectivity index (χ0) is 14.8. The molecule has 0 amide bonds. The van der Waals surface area contributed by atoms with Crippen LogP contribution in [0.15, 0.2) is 45.0 Å². The summed E-state index contributed by atoms with van der Waals surface area (Å²) in [6, 6.07) is 9.65. The average Bonchev–Trinajstić information content (AvgIpc) is 3.10. The number of hydrogen-bond acceptors (Lipinski definition) is 5. The Balaban J connectivity index is 1.74. The second kappa shape index (κ2) is 6.13. The first kappa shape index (κ1) is 14.5. The number of oxazole rings is 1. The molecule has 108 valence electrons. The molecule has 0 saturated carbocycles. The quantitative estimate of drug-likeness (QED) is 0.523. The van der Waals surface area contributed by atoms with Gasteiger partial charge in [0.25, 0.3) is 0 Å². The Bertz CT molecular complexity index is 753. The second-order valence-electron chi connectivity index (χ2n) is 4.47. The molecule has 0 bridgehead atoms. The van der Waals surface area contributed by atoms with E-state index >= 15 is 0 Å². The maximum absolute atomic E-state index is 6.03. The number of thioether (sulfide) groups is 1. The van der Waals surface area contributed by atoms with Gasteiger partial charge in [-0.15, -0.1) is 23.1 Å². The van der Waals surface area contributed by atoms with Crippen molar-refractivity contribution >= 4 is 40.4 Å².